The van der Waals surface area contributed by atoms with E-state index in [0.717, 1.165) is 19.6 Å². The topological polar surface area (TPSA) is 18.5 Å². The molecule has 19 heavy (non-hydrogen) atoms. The van der Waals surface area contributed by atoms with Gasteiger partial charge in [-0.1, -0.05) is 12.1 Å². The Labute approximate surface area is 125 Å². The van der Waals surface area contributed by atoms with Crippen LogP contribution in [0.3, 0.4) is 0 Å². The second-order valence-electron chi connectivity index (χ2n) is 6.26. The Hall–Kier alpha value is -0.580. The molecule has 1 unspecified atom stereocenters. The molecule has 3 nitrogen and oxygen atoms in total. The van der Waals surface area contributed by atoms with Crippen LogP contribution in [0.25, 0.3) is 0 Å². The Morgan fingerprint density at radius 3 is 2.68 bits per heavy atom. The normalized spacial score (nSPS) is 22.8. The smallest absolute Gasteiger partial charge is 0.0542 e. The van der Waals surface area contributed by atoms with Crippen molar-refractivity contribution in [1.82, 2.24) is 10.2 Å². The minimum Gasteiger partial charge on any atom is -0.363 e. The first kappa shape index (κ1) is 14.8. The summed E-state index contributed by atoms with van der Waals surface area (Å²) in [6.45, 7) is 7.64. The standard InChI is InChI=1S/C15H24BrN3/c1-15(2)11-19(12(9-17-15)10-18(3)4)14-8-6-5-7-13(14)16/h5-8,12,17H,9-11H2,1-4H3. The maximum absolute atomic E-state index is 3.69. The highest BCUT2D eigenvalue weighted by Gasteiger charge is 2.33. The third kappa shape index (κ3) is 3.71. The van der Waals surface area contributed by atoms with Gasteiger partial charge in [-0.25, -0.2) is 0 Å². The third-order valence-electron chi connectivity index (χ3n) is 3.56. The fourth-order valence-electron chi connectivity index (χ4n) is 2.67. The molecule has 0 aromatic heterocycles. The van der Waals surface area contributed by atoms with Gasteiger partial charge in [-0.05, 0) is 56.0 Å². The molecular formula is C15H24BrN3. The first-order chi connectivity index (χ1) is 8.89. The van der Waals surface area contributed by atoms with Crippen LogP contribution < -0.4 is 10.2 Å². The van der Waals surface area contributed by atoms with Crippen molar-refractivity contribution in [2.75, 3.05) is 38.6 Å². The molecular weight excluding hydrogens is 302 g/mol. The van der Waals surface area contributed by atoms with Crippen LogP contribution in [0.1, 0.15) is 13.8 Å². The maximum atomic E-state index is 3.69. The second-order valence-corrected chi connectivity index (χ2v) is 7.11. The maximum Gasteiger partial charge on any atom is 0.0542 e. The van der Waals surface area contributed by atoms with E-state index in [0.29, 0.717) is 6.04 Å². The predicted molar refractivity (Wildman–Crippen MR) is 85.9 cm³/mol. The minimum atomic E-state index is 0.151. The molecule has 0 bridgehead atoms. The minimum absolute atomic E-state index is 0.151. The Morgan fingerprint density at radius 2 is 2.05 bits per heavy atom. The van der Waals surface area contributed by atoms with Gasteiger partial charge in [-0.3, -0.25) is 0 Å². The lowest BCUT2D eigenvalue weighted by atomic mass is 9.97. The van der Waals surface area contributed by atoms with Gasteiger partial charge in [0, 0.05) is 29.6 Å². The van der Waals surface area contributed by atoms with Crippen molar-refractivity contribution in [3.8, 4) is 0 Å². The molecule has 1 fully saturated rings. The van der Waals surface area contributed by atoms with Gasteiger partial charge in [-0.15, -0.1) is 0 Å². The molecule has 1 aromatic rings. The van der Waals surface area contributed by atoms with Gasteiger partial charge < -0.3 is 15.1 Å². The number of piperazine rings is 1. The monoisotopic (exact) mass is 325 g/mol. The zero-order valence-corrected chi connectivity index (χ0v) is 13.9. The van der Waals surface area contributed by atoms with Crippen molar-refractivity contribution in [3.05, 3.63) is 28.7 Å². The van der Waals surface area contributed by atoms with E-state index in [1.165, 1.54) is 10.2 Å². The van der Waals surface area contributed by atoms with Crippen LogP contribution in [0, 0.1) is 0 Å². The van der Waals surface area contributed by atoms with Crippen LogP contribution in [0.5, 0.6) is 0 Å². The molecule has 0 aliphatic carbocycles. The number of anilines is 1. The molecule has 1 heterocycles. The summed E-state index contributed by atoms with van der Waals surface area (Å²) >= 11 is 3.69. The number of para-hydroxylation sites is 1. The van der Waals surface area contributed by atoms with E-state index >= 15 is 0 Å². The molecule has 0 saturated carbocycles. The quantitative estimate of drug-likeness (QED) is 0.921. The molecule has 1 aliphatic heterocycles. The summed E-state index contributed by atoms with van der Waals surface area (Å²) in [5.41, 5.74) is 1.45. The SMILES string of the molecule is CN(C)CC1CNC(C)(C)CN1c1ccccc1Br. The summed E-state index contributed by atoms with van der Waals surface area (Å²) in [7, 11) is 4.27. The van der Waals surface area contributed by atoms with Crippen LogP contribution in [0.15, 0.2) is 28.7 Å². The molecule has 0 amide bonds. The van der Waals surface area contributed by atoms with Gasteiger partial charge in [0.1, 0.15) is 0 Å². The van der Waals surface area contributed by atoms with Crippen LogP contribution >= 0.6 is 15.9 Å². The van der Waals surface area contributed by atoms with Crippen molar-refractivity contribution < 1.29 is 0 Å². The van der Waals surface area contributed by atoms with E-state index in [-0.39, 0.29) is 5.54 Å². The summed E-state index contributed by atoms with van der Waals surface area (Å²) in [6, 6.07) is 9.01. The van der Waals surface area contributed by atoms with Crippen LogP contribution in [0.4, 0.5) is 5.69 Å². The van der Waals surface area contributed by atoms with E-state index in [2.05, 4.69) is 83.3 Å². The van der Waals surface area contributed by atoms with Gasteiger partial charge >= 0.3 is 0 Å². The summed E-state index contributed by atoms with van der Waals surface area (Å²) in [4.78, 5) is 4.79. The molecule has 106 valence electrons. The Balaban J connectivity index is 2.27. The lowest BCUT2D eigenvalue weighted by Crippen LogP contribution is -2.64. The molecule has 2 rings (SSSR count). The van der Waals surface area contributed by atoms with E-state index < -0.39 is 0 Å². The Morgan fingerprint density at radius 1 is 1.37 bits per heavy atom. The molecule has 0 radical (unpaired) electrons. The zero-order chi connectivity index (χ0) is 14.0. The van der Waals surface area contributed by atoms with E-state index in [4.69, 9.17) is 0 Å². The number of benzene rings is 1. The lowest BCUT2D eigenvalue weighted by molar-refractivity contribution is 0.268. The number of halogens is 1. The summed E-state index contributed by atoms with van der Waals surface area (Å²) in [5.74, 6) is 0. The largest absolute Gasteiger partial charge is 0.363 e. The number of nitrogens with zero attached hydrogens (tertiary/aromatic N) is 2. The van der Waals surface area contributed by atoms with E-state index in [9.17, 15) is 0 Å². The molecule has 0 spiro atoms. The molecule has 1 atom stereocenters. The lowest BCUT2D eigenvalue weighted by Gasteiger charge is -2.47. The molecule has 1 saturated heterocycles. The summed E-state index contributed by atoms with van der Waals surface area (Å²) < 4.78 is 1.18. The van der Waals surface area contributed by atoms with Crippen molar-refractivity contribution >= 4 is 21.6 Å². The van der Waals surface area contributed by atoms with Gasteiger partial charge in [0.2, 0.25) is 0 Å². The van der Waals surface area contributed by atoms with Gasteiger partial charge in [0.15, 0.2) is 0 Å². The van der Waals surface area contributed by atoms with Crippen LogP contribution in [-0.4, -0.2) is 50.2 Å². The average Bonchev–Trinajstić information content (AvgIpc) is 2.31. The number of rotatable bonds is 3. The molecule has 1 aromatic carbocycles. The van der Waals surface area contributed by atoms with Gasteiger partial charge in [0.05, 0.1) is 11.7 Å². The predicted octanol–water partition coefficient (Wildman–Crippen LogP) is 2.57. The van der Waals surface area contributed by atoms with Gasteiger partial charge in [-0.2, -0.15) is 0 Å². The fourth-order valence-corrected chi connectivity index (χ4v) is 3.18. The summed E-state index contributed by atoms with van der Waals surface area (Å²) in [5, 5.41) is 3.65. The van der Waals surface area contributed by atoms with Crippen molar-refractivity contribution in [3.63, 3.8) is 0 Å². The molecule has 4 heteroatoms. The fraction of sp³-hybridized carbons (Fsp3) is 0.600. The highest BCUT2D eigenvalue weighted by atomic mass is 79.9. The van der Waals surface area contributed by atoms with Crippen molar-refractivity contribution in [2.24, 2.45) is 0 Å². The Kier molecular flexibility index (Phi) is 4.54. The van der Waals surface area contributed by atoms with Crippen LogP contribution in [0.2, 0.25) is 0 Å². The number of hydrogen-bond donors (Lipinski definition) is 1. The number of hydrogen-bond acceptors (Lipinski definition) is 3. The van der Waals surface area contributed by atoms with E-state index in [1.807, 2.05) is 0 Å². The van der Waals surface area contributed by atoms with E-state index in [1.54, 1.807) is 0 Å². The van der Waals surface area contributed by atoms with Crippen LogP contribution in [-0.2, 0) is 0 Å². The van der Waals surface area contributed by atoms with Crippen molar-refractivity contribution in [2.45, 2.75) is 25.4 Å². The van der Waals surface area contributed by atoms with Crippen molar-refractivity contribution in [1.29, 1.82) is 0 Å². The highest BCUT2D eigenvalue weighted by molar-refractivity contribution is 9.10. The third-order valence-corrected chi connectivity index (χ3v) is 4.23. The Bertz CT molecular complexity index is 431. The highest BCUT2D eigenvalue weighted by Crippen LogP contribution is 2.30. The molecule has 1 aliphatic rings. The number of likely N-dealkylation sites (N-methyl/N-ethyl adjacent to an activating group) is 1. The van der Waals surface area contributed by atoms with Gasteiger partial charge in [0.25, 0.3) is 0 Å². The number of nitrogens with one attached hydrogen (secondary N) is 1. The summed E-state index contributed by atoms with van der Waals surface area (Å²) in [6.07, 6.45) is 0. The zero-order valence-electron chi connectivity index (χ0n) is 12.3. The first-order valence-electron chi connectivity index (χ1n) is 6.80. The molecule has 1 N–H and O–H groups in total. The second kappa shape index (κ2) is 5.81. The average molecular weight is 326 g/mol. The first-order valence-corrected chi connectivity index (χ1v) is 7.59.